The van der Waals surface area contributed by atoms with E-state index in [1.807, 2.05) is 41.6 Å². The maximum absolute atomic E-state index is 13.0. The number of ether oxygens (including phenoxy) is 1. The van der Waals surface area contributed by atoms with Crippen molar-refractivity contribution in [1.29, 1.82) is 0 Å². The van der Waals surface area contributed by atoms with E-state index in [1.54, 1.807) is 19.5 Å². The van der Waals surface area contributed by atoms with Gasteiger partial charge in [-0.15, -0.1) is 10.2 Å². The van der Waals surface area contributed by atoms with Gasteiger partial charge in [0.1, 0.15) is 6.33 Å². The van der Waals surface area contributed by atoms with Crippen LogP contribution in [0.2, 0.25) is 0 Å². The van der Waals surface area contributed by atoms with E-state index in [0.717, 1.165) is 28.9 Å². The summed E-state index contributed by atoms with van der Waals surface area (Å²) in [4.78, 5) is 14.8. The van der Waals surface area contributed by atoms with Gasteiger partial charge in [-0.2, -0.15) is 0 Å². The Morgan fingerprint density at radius 1 is 1.36 bits per heavy atom. The topological polar surface area (TPSA) is 60.3 Å². The van der Waals surface area contributed by atoms with Gasteiger partial charge in [0, 0.05) is 33.2 Å². The first-order valence-electron chi connectivity index (χ1n) is 8.43. The second-order valence-corrected chi connectivity index (χ2v) is 6.54. The lowest BCUT2D eigenvalue weighted by Crippen LogP contribution is -2.31. The van der Waals surface area contributed by atoms with Gasteiger partial charge in [-0.3, -0.25) is 4.79 Å². The van der Waals surface area contributed by atoms with Gasteiger partial charge >= 0.3 is 0 Å². The largest absolute Gasteiger partial charge is 0.380 e. The fourth-order valence-corrected chi connectivity index (χ4v) is 3.41. The molecule has 3 rings (SSSR count). The molecule has 25 heavy (non-hydrogen) atoms. The quantitative estimate of drug-likeness (QED) is 0.803. The van der Waals surface area contributed by atoms with Gasteiger partial charge in [0.25, 0.3) is 0 Å². The Kier molecular flexibility index (Phi) is 4.99. The molecular weight excluding hydrogens is 316 g/mol. The highest BCUT2D eigenvalue weighted by Gasteiger charge is 2.38. The summed E-state index contributed by atoms with van der Waals surface area (Å²) in [6.07, 6.45) is 4.11. The highest BCUT2D eigenvalue weighted by atomic mass is 16.5. The fourth-order valence-electron chi connectivity index (χ4n) is 3.41. The molecule has 1 amide bonds. The van der Waals surface area contributed by atoms with Crippen LogP contribution in [0.3, 0.4) is 0 Å². The molecular formula is C19H24N4O2. The Balaban J connectivity index is 1.88. The lowest BCUT2D eigenvalue weighted by atomic mass is 10.0. The number of benzene rings is 1. The third-order valence-electron chi connectivity index (χ3n) is 4.83. The summed E-state index contributed by atoms with van der Waals surface area (Å²) in [6.45, 7) is 4.59. The molecule has 0 aliphatic carbocycles. The van der Waals surface area contributed by atoms with E-state index in [4.69, 9.17) is 4.74 Å². The first-order chi connectivity index (χ1) is 12.0. The number of carbonyl (C=O) groups is 1. The Labute approximate surface area is 148 Å². The summed E-state index contributed by atoms with van der Waals surface area (Å²) in [7, 11) is 3.58. The number of amides is 1. The lowest BCUT2D eigenvalue weighted by molar-refractivity contribution is -0.127. The van der Waals surface area contributed by atoms with Crippen molar-refractivity contribution in [3.63, 3.8) is 0 Å². The molecule has 2 atom stereocenters. The highest BCUT2D eigenvalue weighted by molar-refractivity contribution is 5.95. The highest BCUT2D eigenvalue weighted by Crippen LogP contribution is 2.32. The minimum Gasteiger partial charge on any atom is -0.380 e. The van der Waals surface area contributed by atoms with Crippen molar-refractivity contribution in [2.45, 2.75) is 32.4 Å². The standard InChI is InChI=1S/C19H24N4O2/c1-13-7-5-6-8-16(13)14(2)9-18(24)23-11-15(25-4)10-17(23)19-21-20-12-22(19)3/h5-9,12,15,17H,10-11H2,1-4H3/b14-9+/t15-,17+/m1/s1. The molecule has 2 aromatic rings. The van der Waals surface area contributed by atoms with Gasteiger partial charge < -0.3 is 14.2 Å². The Hall–Kier alpha value is -2.47. The van der Waals surface area contributed by atoms with Crippen LogP contribution in [0.25, 0.3) is 5.57 Å². The van der Waals surface area contributed by atoms with Gasteiger partial charge in [0.2, 0.25) is 5.91 Å². The zero-order valence-electron chi connectivity index (χ0n) is 15.1. The Bertz CT molecular complexity index is 796. The lowest BCUT2D eigenvalue weighted by Gasteiger charge is -2.22. The molecule has 1 fully saturated rings. The van der Waals surface area contributed by atoms with Crippen LogP contribution in [0, 0.1) is 6.92 Å². The van der Waals surface area contributed by atoms with Crippen molar-refractivity contribution in [3.05, 3.63) is 53.6 Å². The van der Waals surface area contributed by atoms with Crippen LogP contribution >= 0.6 is 0 Å². The number of methoxy groups -OCH3 is 1. The van der Waals surface area contributed by atoms with E-state index in [1.165, 1.54) is 0 Å². The molecule has 0 unspecified atom stereocenters. The summed E-state index contributed by atoms with van der Waals surface area (Å²) in [5.74, 6) is 0.767. The number of likely N-dealkylation sites (tertiary alicyclic amines) is 1. The number of aryl methyl sites for hydroxylation is 2. The van der Waals surface area contributed by atoms with Crippen molar-refractivity contribution in [3.8, 4) is 0 Å². The molecule has 0 bridgehead atoms. The third kappa shape index (κ3) is 3.49. The predicted octanol–water partition coefficient (Wildman–Crippen LogP) is 2.52. The average molecular weight is 340 g/mol. The van der Waals surface area contributed by atoms with Crippen LogP contribution in [0.4, 0.5) is 0 Å². The van der Waals surface area contributed by atoms with Crippen molar-refractivity contribution < 1.29 is 9.53 Å². The molecule has 0 saturated carbocycles. The fraction of sp³-hybridized carbons (Fsp3) is 0.421. The number of nitrogens with zero attached hydrogens (tertiary/aromatic N) is 4. The van der Waals surface area contributed by atoms with Crippen LogP contribution in [0.15, 0.2) is 36.7 Å². The van der Waals surface area contributed by atoms with Crippen LogP contribution in [0.5, 0.6) is 0 Å². The monoisotopic (exact) mass is 340 g/mol. The first-order valence-corrected chi connectivity index (χ1v) is 8.43. The van der Waals surface area contributed by atoms with Crippen molar-refractivity contribution in [2.24, 2.45) is 7.05 Å². The first kappa shape index (κ1) is 17.4. The summed E-state index contributed by atoms with van der Waals surface area (Å²) >= 11 is 0. The normalized spacial score (nSPS) is 21.0. The molecule has 1 saturated heterocycles. The molecule has 0 radical (unpaired) electrons. The minimum absolute atomic E-state index is 0.0119. The number of carbonyl (C=O) groups excluding carboxylic acids is 1. The Morgan fingerprint density at radius 2 is 2.12 bits per heavy atom. The van der Waals surface area contributed by atoms with E-state index in [9.17, 15) is 4.79 Å². The van der Waals surface area contributed by atoms with Crippen molar-refractivity contribution in [1.82, 2.24) is 19.7 Å². The molecule has 1 aliphatic rings. The molecule has 6 heteroatoms. The molecule has 1 aliphatic heterocycles. The van der Waals surface area contributed by atoms with Gasteiger partial charge in [0.05, 0.1) is 12.1 Å². The summed E-state index contributed by atoms with van der Waals surface area (Å²) < 4.78 is 7.36. The number of hydrogen-bond donors (Lipinski definition) is 0. The van der Waals surface area contributed by atoms with Crippen LogP contribution < -0.4 is 0 Å². The third-order valence-corrected chi connectivity index (χ3v) is 4.83. The second kappa shape index (κ2) is 7.19. The van der Waals surface area contributed by atoms with Gasteiger partial charge in [0.15, 0.2) is 5.82 Å². The minimum atomic E-state index is -0.120. The zero-order valence-corrected chi connectivity index (χ0v) is 15.1. The number of hydrogen-bond acceptors (Lipinski definition) is 4. The Morgan fingerprint density at radius 3 is 2.76 bits per heavy atom. The second-order valence-electron chi connectivity index (χ2n) is 6.54. The molecule has 2 heterocycles. The smallest absolute Gasteiger partial charge is 0.247 e. The summed E-state index contributed by atoms with van der Waals surface area (Å²) in [5, 5.41) is 8.14. The molecule has 1 aromatic carbocycles. The predicted molar refractivity (Wildman–Crippen MR) is 95.7 cm³/mol. The molecule has 0 spiro atoms. The maximum atomic E-state index is 13.0. The van der Waals surface area contributed by atoms with Crippen LogP contribution in [0.1, 0.15) is 36.3 Å². The number of aromatic nitrogens is 3. The van der Waals surface area contributed by atoms with Crippen molar-refractivity contribution in [2.75, 3.05) is 13.7 Å². The van der Waals surface area contributed by atoms with Gasteiger partial charge in [-0.05, 0) is 30.5 Å². The van der Waals surface area contributed by atoms with E-state index in [-0.39, 0.29) is 18.1 Å². The van der Waals surface area contributed by atoms with Crippen LogP contribution in [-0.2, 0) is 16.6 Å². The van der Waals surface area contributed by atoms with E-state index >= 15 is 0 Å². The molecule has 1 aromatic heterocycles. The number of rotatable bonds is 4. The maximum Gasteiger partial charge on any atom is 0.247 e. The molecule has 132 valence electrons. The van der Waals surface area contributed by atoms with Gasteiger partial charge in [-0.1, -0.05) is 24.3 Å². The summed E-state index contributed by atoms with van der Waals surface area (Å²) in [5.41, 5.74) is 3.21. The van der Waals surface area contributed by atoms with E-state index in [2.05, 4.69) is 23.2 Å². The number of allylic oxidation sites excluding steroid dienone is 1. The SMILES string of the molecule is CO[C@@H]1C[C@@H](c2nncn2C)N(C(=O)/C=C(\C)c2ccccc2C)C1. The van der Waals surface area contributed by atoms with E-state index in [0.29, 0.717) is 6.54 Å². The summed E-state index contributed by atoms with van der Waals surface area (Å²) in [6, 6.07) is 7.96. The van der Waals surface area contributed by atoms with E-state index < -0.39 is 0 Å². The zero-order chi connectivity index (χ0) is 18.0. The average Bonchev–Trinajstić information content (AvgIpc) is 3.20. The van der Waals surface area contributed by atoms with Crippen molar-refractivity contribution >= 4 is 11.5 Å². The molecule has 0 N–H and O–H groups in total. The molecule has 6 nitrogen and oxygen atoms in total. The van der Waals surface area contributed by atoms with Crippen LogP contribution in [-0.4, -0.2) is 45.3 Å². The van der Waals surface area contributed by atoms with Gasteiger partial charge in [-0.25, -0.2) is 0 Å².